The summed E-state index contributed by atoms with van der Waals surface area (Å²) < 4.78 is 16.1. The molecule has 6 heteroatoms. The molecule has 6 nitrogen and oxygen atoms in total. The summed E-state index contributed by atoms with van der Waals surface area (Å²) in [6, 6.07) is 3.86. The molecule has 24 heavy (non-hydrogen) atoms. The predicted octanol–water partition coefficient (Wildman–Crippen LogP) is 2.69. The molecule has 1 aromatic carbocycles. The van der Waals surface area contributed by atoms with Gasteiger partial charge in [-0.2, -0.15) is 0 Å². The summed E-state index contributed by atoms with van der Waals surface area (Å²) >= 11 is 0. The van der Waals surface area contributed by atoms with Crippen molar-refractivity contribution in [1.82, 2.24) is 10.2 Å². The predicted molar refractivity (Wildman–Crippen MR) is 98.4 cm³/mol. The molecule has 0 amide bonds. The van der Waals surface area contributed by atoms with Crippen molar-refractivity contribution in [3.05, 3.63) is 30.4 Å². The van der Waals surface area contributed by atoms with Gasteiger partial charge in [0.1, 0.15) is 0 Å². The first-order valence-corrected chi connectivity index (χ1v) is 7.92. The van der Waals surface area contributed by atoms with E-state index in [1.54, 1.807) is 28.4 Å². The lowest BCUT2D eigenvalue weighted by molar-refractivity contribution is 0.323. The fourth-order valence-corrected chi connectivity index (χ4v) is 2.38. The van der Waals surface area contributed by atoms with Gasteiger partial charge < -0.3 is 24.4 Å². The van der Waals surface area contributed by atoms with Crippen LogP contribution in [0.4, 0.5) is 0 Å². The van der Waals surface area contributed by atoms with E-state index in [0.29, 0.717) is 23.8 Å². The third-order valence-electron chi connectivity index (χ3n) is 3.65. The molecule has 0 aromatic heterocycles. The smallest absolute Gasteiger partial charge is 0.203 e. The normalized spacial score (nSPS) is 11.0. The minimum atomic E-state index is 0.592. The molecule has 134 valence electrons. The summed E-state index contributed by atoms with van der Waals surface area (Å²) in [5, 5.41) is 3.35. The SMILES string of the molecule is C=CCCCN(C)C(=NC)NCc1cc(OC)c(OC)c(OC)c1. The molecule has 0 aliphatic carbocycles. The van der Waals surface area contributed by atoms with Gasteiger partial charge in [-0.25, -0.2) is 0 Å². The summed E-state index contributed by atoms with van der Waals surface area (Å²) in [4.78, 5) is 6.42. The van der Waals surface area contributed by atoms with E-state index in [9.17, 15) is 0 Å². The second-order valence-electron chi connectivity index (χ2n) is 5.29. The number of benzene rings is 1. The van der Waals surface area contributed by atoms with Crippen LogP contribution < -0.4 is 19.5 Å². The van der Waals surface area contributed by atoms with Crippen LogP contribution in [0.1, 0.15) is 18.4 Å². The molecule has 0 bridgehead atoms. The van der Waals surface area contributed by atoms with Gasteiger partial charge in [-0.05, 0) is 30.5 Å². The maximum Gasteiger partial charge on any atom is 0.203 e. The van der Waals surface area contributed by atoms with Crippen molar-refractivity contribution >= 4 is 5.96 Å². The molecule has 0 spiro atoms. The summed E-state index contributed by atoms with van der Waals surface area (Å²) in [7, 11) is 8.62. The second-order valence-corrected chi connectivity index (χ2v) is 5.29. The quantitative estimate of drug-likeness (QED) is 0.325. The van der Waals surface area contributed by atoms with Crippen LogP contribution in [-0.2, 0) is 6.54 Å². The number of rotatable bonds is 9. The van der Waals surface area contributed by atoms with E-state index >= 15 is 0 Å². The number of ether oxygens (including phenoxy) is 3. The van der Waals surface area contributed by atoms with Crippen LogP contribution in [0, 0.1) is 0 Å². The molecule has 1 N–H and O–H groups in total. The number of methoxy groups -OCH3 is 3. The van der Waals surface area contributed by atoms with E-state index in [4.69, 9.17) is 14.2 Å². The van der Waals surface area contributed by atoms with Gasteiger partial charge >= 0.3 is 0 Å². The Bertz CT molecular complexity index is 533. The Labute approximate surface area is 145 Å². The molecule has 0 saturated carbocycles. The van der Waals surface area contributed by atoms with E-state index in [1.165, 1.54) is 0 Å². The molecule has 0 fully saturated rings. The highest BCUT2D eigenvalue weighted by Gasteiger charge is 2.13. The lowest BCUT2D eigenvalue weighted by atomic mass is 10.2. The average molecular weight is 335 g/mol. The molecule has 1 rings (SSSR count). The standard InChI is InChI=1S/C18H29N3O3/c1-7-8-9-10-21(3)18(19-2)20-13-14-11-15(22-4)17(24-6)16(12-14)23-5/h7,11-12H,1,8-10,13H2,2-6H3,(H,19,20). The third-order valence-corrected chi connectivity index (χ3v) is 3.65. The molecule has 0 radical (unpaired) electrons. The monoisotopic (exact) mass is 335 g/mol. The number of nitrogens with zero attached hydrogens (tertiary/aromatic N) is 2. The number of hydrogen-bond donors (Lipinski definition) is 1. The number of unbranched alkanes of at least 4 members (excludes halogenated alkanes) is 1. The average Bonchev–Trinajstić information content (AvgIpc) is 2.61. The first-order valence-electron chi connectivity index (χ1n) is 7.92. The van der Waals surface area contributed by atoms with E-state index < -0.39 is 0 Å². The molecule has 0 unspecified atom stereocenters. The first kappa shape index (κ1) is 19.7. The molecule has 0 heterocycles. The Morgan fingerprint density at radius 1 is 1.21 bits per heavy atom. The molecule has 0 saturated heterocycles. The zero-order valence-electron chi connectivity index (χ0n) is 15.4. The minimum Gasteiger partial charge on any atom is -0.493 e. The van der Waals surface area contributed by atoms with Gasteiger partial charge in [-0.3, -0.25) is 4.99 Å². The van der Waals surface area contributed by atoms with Crippen molar-refractivity contribution in [2.45, 2.75) is 19.4 Å². The van der Waals surface area contributed by atoms with Crippen molar-refractivity contribution in [3.8, 4) is 17.2 Å². The Balaban J connectivity index is 2.79. The van der Waals surface area contributed by atoms with E-state index in [1.807, 2.05) is 25.3 Å². The Hall–Kier alpha value is -2.37. The number of aliphatic imine (C=N–C) groups is 1. The van der Waals surface area contributed by atoms with Crippen molar-refractivity contribution in [2.75, 3.05) is 42.0 Å². The fraction of sp³-hybridized carbons (Fsp3) is 0.500. The second kappa shape index (κ2) is 10.4. The van der Waals surface area contributed by atoms with Crippen LogP contribution in [0.3, 0.4) is 0 Å². The van der Waals surface area contributed by atoms with Crippen LogP contribution in [0.15, 0.2) is 29.8 Å². The van der Waals surface area contributed by atoms with Crippen LogP contribution in [0.5, 0.6) is 17.2 Å². The van der Waals surface area contributed by atoms with Crippen LogP contribution in [0.25, 0.3) is 0 Å². The number of guanidine groups is 1. The van der Waals surface area contributed by atoms with E-state index in [0.717, 1.165) is 30.9 Å². The van der Waals surface area contributed by atoms with Gasteiger partial charge in [0, 0.05) is 27.2 Å². The van der Waals surface area contributed by atoms with Gasteiger partial charge in [-0.1, -0.05) is 6.08 Å². The molecule has 0 aliphatic heterocycles. The Kier molecular flexibility index (Phi) is 8.54. The Morgan fingerprint density at radius 3 is 2.29 bits per heavy atom. The molecular formula is C18H29N3O3. The third kappa shape index (κ3) is 5.37. The van der Waals surface area contributed by atoms with Crippen LogP contribution >= 0.6 is 0 Å². The number of allylic oxidation sites excluding steroid dienone is 1. The van der Waals surface area contributed by atoms with Gasteiger partial charge in [0.2, 0.25) is 5.75 Å². The zero-order chi connectivity index (χ0) is 17.9. The fourth-order valence-electron chi connectivity index (χ4n) is 2.38. The number of nitrogens with one attached hydrogen (secondary N) is 1. The minimum absolute atomic E-state index is 0.592. The van der Waals surface area contributed by atoms with Crippen LogP contribution in [-0.4, -0.2) is 52.8 Å². The molecule has 0 aliphatic rings. The highest BCUT2D eigenvalue weighted by molar-refractivity contribution is 5.79. The zero-order valence-corrected chi connectivity index (χ0v) is 15.4. The van der Waals surface area contributed by atoms with Gasteiger partial charge in [0.25, 0.3) is 0 Å². The number of hydrogen-bond acceptors (Lipinski definition) is 4. The first-order chi connectivity index (χ1) is 11.6. The lowest BCUT2D eigenvalue weighted by Gasteiger charge is -2.22. The van der Waals surface area contributed by atoms with Gasteiger partial charge in [-0.15, -0.1) is 6.58 Å². The lowest BCUT2D eigenvalue weighted by Crippen LogP contribution is -2.38. The summed E-state index contributed by atoms with van der Waals surface area (Å²) in [5.74, 6) is 2.72. The molecular weight excluding hydrogens is 306 g/mol. The van der Waals surface area contributed by atoms with Gasteiger partial charge in [0.05, 0.1) is 21.3 Å². The topological polar surface area (TPSA) is 55.3 Å². The van der Waals surface area contributed by atoms with Crippen molar-refractivity contribution in [2.24, 2.45) is 4.99 Å². The van der Waals surface area contributed by atoms with Gasteiger partial charge in [0.15, 0.2) is 17.5 Å². The maximum atomic E-state index is 5.38. The largest absolute Gasteiger partial charge is 0.493 e. The van der Waals surface area contributed by atoms with Crippen LogP contribution in [0.2, 0.25) is 0 Å². The molecule has 0 atom stereocenters. The highest BCUT2D eigenvalue weighted by atomic mass is 16.5. The van der Waals surface area contributed by atoms with E-state index in [-0.39, 0.29) is 0 Å². The summed E-state index contributed by atoms with van der Waals surface area (Å²) in [5.41, 5.74) is 1.02. The van der Waals surface area contributed by atoms with E-state index in [2.05, 4.69) is 21.8 Å². The molecule has 1 aromatic rings. The van der Waals surface area contributed by atoms with Crippen molar-refractivity contribution in [1.29, 1.82) is 0 Å². The van der Waals surface area contributed by atoms with Crippen molar-refractivity contribution < 1.29 is 14.2 Å². The maximum absolute atomic E-state index is 5.38. The Morgan fingerprint density at radius 2 is 1.83 bits per heavy atom. The van der Waals surface area contributed by atoms with Crippen molar-refractivity contribution in [3.63, 3.8) is 0 Å². The summed E-state index contributed by atoms with van der Waals surface area (Å²) in [6.45, 7) is 5.27. The summed E-state index contributed by atoms with van der Waals surface area (Å²) in [6.07, 6.45) is 3.97. The highest BCUT2D eigenvalue weighted by Crippen LogP contribution is 2.38.